The van der Waals surface area contributed by atoms with Gasteiger partial charge in [-0.25, -0.2) is 4.79 Å². The van der Waals surface area contributed by atoms with E-state index in [4.69, 9.17) is 26.3 Å². The molecule has 1 aromatic carbocycles. The summed E-state index contributed by atoms with van der Waals surface area (Å²) in [6, 6.07) is 4.74. The van der Waals surface area contributed by atoms with Gasteiger partial charge < -0.3 is 20.0 Å². The average molecular weight is 299 g/mol. The maximum absolute atomic E-state index is 12.0. The Bertz CT molecular complexity index is 587. The predicted molar refractivity (Wildman–Crippen MR) is 71.2 cm³/mol. The molecule has 1 amide bonds. The van der Waals surface area contributed by atoms with Crippen molar-refractivity contribution >= 4 is 34.9 Å². The van der Waals surface area contributed by atoms with Gasteiger partial charge in [-0.2, -0.15) is 0 Å². The molecule has 0 fully saturated rings. The molecule has 1 aromatic rings. The number of benzene rings is 1. The first kappa shape index (κ1) is 14.1. The fourth-order valence-corrected chi connectivity index (χ4v) is 1.81. The summed E-state index contributed by atoms with van der Waals surface area (Å²) in [7, 11) is 1.45. The standard InChI is InChI=1S/C12H11ClN2O5/c1-19-9-3-2-6(13)4-7(9)14-11(16)10-5-8(12(17)18)15-20-10/h2-4,10H,5H2,1H3,(H,14,16)(H,17,18). The van der Waals surface area contributed by atoms with Gasteiger partial charge in [0.25, 0.3) is 5.91 Å². The highest BCUT2D eigenvalue weighted by molar-refractivity contribution is 6.36. The van der Waals surface area contributed by atoms with Crippen LogP contribution in [0.1, 0.15) is 6.42 Å². The Kier molecular flexibility index (Phi) is 4.09. The number of amides is 1. The van der Waals surface area contributed by atoms with Crippen LogP contribution < -0.4 is 10.1 Å². The van der Waals surface area contributed by atoms with E-state index in [1.54, 1.807) is 12.1 Å². The van der Waals surface area contributed by atoms with E-state index in [9.17, 15) is 9.59 Å². The number of hydrogen-bond donors (Lipinski definition) is 2. The normalized spacial score (nSPS) is 17.1. The molecule has 2 N–H and O–H groups in total. The van der Waals surface area contributed by atoms with Crippen molar-refractivity contribution in [1.29, 1.82) is 0 Å². The zero-order chi connectivity index (χ0) is 14.7. The van der Waals surface area contributed by atoms with Gasteiger partial charge in [-0.15, -0.1) is 0 Å². The molecule has 1 aliphatic rings. The van der Waals surface area contributed by atoms with Gasteiger partial charge in [0, 0.05) is 11.4 Å². The molecule has 106 valence electrons. The molecule has 8 heteroatoms. The first-order valence-corrected chi connectivity index (χ1v) is 5.99. The van der Waals surface area contributed by atoms with E-state index in [-0.39, 0.29) is 12.1 Å². The van der Waals surface area contributed by atoms with Gasteiger partial charge in [0.2, 0.25) is 6.10 Å². The van der Waals surface area contributed by atoms with E-state index in [1.165, 1.54) is 13.2 Å². The summed E-state index contributed by atoms with van der Waals surface area (Å²) >= 11 is 5.84. The molecule has 0 aromatic heterocycles. The van der Waals surface area contributed by atoms with Gasteiger partial charge in [-0.1, -0.05) is 16.8 Å². The summed E-state index contributed by atoms with van der Waals surface area (Å²) in [5, 5.41) is 15.1. The van der Waals surface area contributed by atoms with Gasteiger partial charge >= 0.3 is 5.97 Å². The van der Waals surface area contributed by atoms with Crippen molar-refractivity contribution in [3.05, 3.63) is 23.2 Å². The molecule has 0 bridgehead atoms. The van der Waals surface area contributed by atoms with Gasteiger partial charge in [0.05, 0.1) is 12.8 Å². The Labute approximate surface area is 119 Å². The summed E-state index contributed by atoms with van der Waals surface area (Å²) in [6.07, 6.45) is -1.07. The van der Waals surface area contributed by atoms with Crippen LogP contribution in [0.2, 0.25) is 5.02 Å². The molecule has 1 unspecified atom stereocenters. The Hall–Kier alpha value is -2.28. The number of nitrogens with one attached hydrogen (secondary N) is 1. The van der Waals surface area contributed by atoms with Crippen molar-refractivity contribution < 1.29 is 24.3 Å². The van der Waals surface area contributed by atoms with Crippen molar-refractivity contribution in [3.8, 4) is 5.75 Å². The van der Waals surface area contributed by atoms with E-state index >= 15 is 0 Å². The number of oxime groups is 1. The van der Waals surface area contributed by atoms with Crippen molar-refractivity contribution in [3.63, 3.8) is 0 Å². The number of carbonyl (C=O) groups is 2. The van der Waals surface area contributed by atoms with Crippen LogP contribution in [0.4, 0.5) is 5.69 Å². The summed E-state index contributed by atoms with van der Waals surface area (Å²) in [5.41, 5.74) is 0.181. The number of methoxy groups -OCH3 is 1. The molecule has 0 radical (unpaired) electrons. The second-order valence-electron chi connectivity index (χ2n) is 3.98. The number of carboxylic acid groups (broad SMARTS) is 1. The lowest BCUT2D eigenvalue weighted by Crippen LogP contribution is -2.29. The minimum atomic E-state index is -1.21. The third kappa shape index (κ3) is 3.00. The van der Waals surface area contributed by atoms with E-state index in [1.807, 2.05) is 0 Å². The topological polar surface area (TPSA) is 97.2 Å². The van der Waals surface area contributed by atoms with Gasteiger partial charge in [-0.05, 0) is 18.2 Å². The summed E-state index contributed by atoms with van der Waals surface area (Å²) < 4.78 is 5.09. The lowest BCUT2D eigenvalue weighted by molar-refractivity contribution is -0.129. The largest absolute Gasteiger partial charge is 0.495 e. The number of nitrogens with zero attached hydrogens (tertiary/aromatic N) is 1. The Balaban J connectivity index is 2.06. The summed E-state index contributed by atoms with van der Waals surface area (Å²) in [4.78, 5) is 27.4. The van der Waals surface area contributed by atoms with Crippen molar-refractivity contribution in [2.45, 2.75) is 12.5 Å². The first-order valence-electron chi connectivity index (χ1n) is 5.61. The van der Waals surface area contributed by atoms with Crippen LogP contribution in [-0.4, -0.2) is 35.9 Å². The van der Waals surface area contributed by atoms with Crippen LogP contribution in [-0.2, 0) is 14.4 Å². The van der Waals surface area contributed by atoms with Crippen LogP contribution in [0.25, 0.3) is 0 Å². The molecule has 1 aliphatic heterocycles. The highest BCUT2D eigenvalue weighted by Crippen LogP contribution is 2.28. The fourth-order valence-electron chi connectivity index (χ4n) is 1.64. The minimum absolute atomic E-state index is 0.0932. The molecular weight excluding hydrogens is 288 g/mol. The molecule has 7 nitrogen and oxygen atoms in total. The van der Waals surface area contributed by atoms with Crippen molar-refractivity contribution in [2.24, 2.45) is 5.16 Å². The van der Waals surface area contributed by atoms with Gasteiger partial charge in [0.15, 0.2) is 5.71 Å². The van der Waals surface area contributed by atoms with Crippen LogP contribution in [0.15, 0.2) is 23.4 Å². The summed E-state index contributed by atoms with van der Waals surface area (Å²) in [6.45, 7) is 0. The lowest BCUT2D eigenvalue weighted by Gasteiger charge is -2.12. The van der Waals surface area contributed by atoms with Crippen molar-refractivity contribution in [1.82, 2.24) is 0 Å². The lowest BCUT2D eigenvalue weighted by atomic mass is 10.1. The zero-order valence-corrected chi connectivity index (χ0v) is 11.2. The van der Waals surface area contributed by atoms with E-state index < -0.39 is 18.0 Å². The number of aliphatic carboxylic acids is 1. The van der Waals surface area contributed by atoms with Crippen LogP contribution >= 0.6 is 11.6 Å². The molecule has 0 spiro atoms. The zero-order valence-electron chi connectivity index (χ0n) is 10.4. The number of ether oxygens (including phenoxy) is 1. The third-order valence-electron chi connectivity index (χ3n) is 2.63. The van der Waals surface area contributed by atoms with Crippen LogP contribution in [0.3, 0.4) is 0 Å². The van der Waals surface area contributed by atoms with Gasteiger partial charge in [0.1, 0.15) is 5.75 Å². The van der Waals surface area contributed by atoms with Crippen LogP contribution in [0.5, 0.6) is 5.75 Å². The Morgan fingerprint density at radius 2 is 2.30 bits per heavy atom. The quantitative estimate of drug-likeness (QED) is 0.878. The van der Waals surface area contributed by atoms with E-state index in [0.717, 1.165) is 0 Å². The Morgan fingerprint density at radius 3 is 2.90 bits per heavy atom. The number of rotatable bonds is 4. The smallest absolute Gasteiger partial charge is 0.353 e. The molecule has 0 aliphatic carbocycles. The van der Waals surface area contributed by atoms with Crippen LogP contribution in [0, 0.1) is 0 Å². The minimum Gasteiger partial charge on any atom is -0.495 e. The molecule has 1 heterocycles. The maximum atomic E-state index is 12.0. The summed E-state index contributed by atoms with van der Waals surface area (Å²) in [5.74, 6) is -1.30. The third-order valence-corrected chi connectivity index (χ3v) is 2.86. The second kappa shape index (κ2) is 5.79. The number of carboxylic acids is 1. The predicted octanol–water partition coefficient (Wildman–Crippen LogP) is 1.52. The number of anilines is 1. The average Bonchev–Trinajstić information content (AvgIpc) is 2.89. The van der Waals surface area contributed by atoms with Crippen molar-refractivity contribution in [2.75, 3.05) is 12.4 Å². The molecular formula is C12H11ClN2O5. The van der Waals surface area contributed by atoms with Gasteiger partial charge in [-0.3, -0.25) is 4.79 Å². The number of halogens is 1. The Morgan fingerprint density at radius 1 is 1.55 bits per heavy atom. The molecule has 20 heavy (non-hydrogen) atoms. The highest BCUT2D eigenvalue weighted by Gasteiger charge is 2.31. The number of hydrogen-bond acceptors (Lipinski definition) is 5. The van der Waals surface area contributed by atoms with E-state index in [2.05, 4.69) is 10.5 Å². The molecule has 0 saturated heterocycles. The highest BCUT2D eigenvalue weighted by atomic mass is 35.5. The fraction of sp³-hybridized carbons (Fsp3) is 0.250. The maximum Gasteiger partial charge on any atom is 0.353 e. The van der Waals surface area contributed by atoms with E-state index in [0.29, 0.717) is 16.5 Å². The number of carbonyl (C=O) groups excluding carboxylic acids is 1. The first-order chi connectivity index (χ1) is 9.51. The molecule has 2 rings (SSSR count). The molecule has 1 atom stereocenters. The molecule has 0 saturated carbocycles. The second-order valence-corrected chi connectivity index (χ2v) is 4.41. The SMILES string of the molecule is COc1ccc(Cl)cc1NC(=O)C1CC(C(=O)O)=NO1. The monoisotopic (exact) mass is 298 g/mol.